The van der Waals surface area contributed by atoms with Crippen molar-refractivity contribution in [3.63, 3.8) is 0 Å². The number of hydrogen-bond donors (Lipinski definition) is 1. The van der Waals surface area contributed by atoms with Crippen molar-refractivity contribution in [1.29, 1.82) is 0 Å². The van der Waals surface area contributed by atoms with Crippen molar-refractivity contribution < 1.29 is 0 Å². The SMILES string of the molecule is CC(C)CNCCc1nnc(-c2cnns2)s1. The van der Waals surface area contributed by atoms with E-state index < -0.39 is 0 Å². The van der Waals surface area contributed by atoms with E-state index in [1.165, 1.54) is 11.5 Å². The number of aromatic nitrogens is 4. The molecule has 0 aliphatic carbocycles. The van der Waals surface area contributed by atoms with Gasteiger partial charge >= 0.3 is 0 Å². The lowest BCUT2D eigenvalue weighted by molar-refractivity contribution is 0.553. The van der Waals surface area contributed by atoms with Crippen LogP contribution in [0.1, 0.15) is 18.9 Å². The molecule has 0 bridgehead atoms. The van der Waals surface area contributed by atoms with Gasteiger partial charge in [-0.2, -0.15) is 0 Å². The number of nitrogens with zero attached hydrogens (tertiary/aromatic N) is 4. The van der Waals surface area contributed by atoms with E-state index >= 15 is 0 Å². The Morgan fingerprint density at radius 2 is 2.24 bits per heavy atom. The van der Waals surface area contributed by atoms with Gasteiger partial charge in [-0.3, -0.25) is 0 Å². The molecule has 2 heterocycles. The first-order valence-electron chi connectivity index (χ1n) is 5.56. The van der Waals surface area contributed by atoms with Gasteiger partial charge in [0.2, 0.25) is 0 Å². The van der Waals surface area contributed by atoms with E-state index in [0.29, 0.717) is 5.92 Å². The molecular formula is C10H15N5S2. The maximum Gasteiger partial charge on any atom is 0.161 e. The Kier molecular flexibility index (Phi) is 4.52. The van der Waals surface area contributed by atoms with Crippen LogP contribution in [0.25, 0.3) is 9.88 Å². The quantitative estimate of drug-likeness (QED) is 0.811. The molecule has 0 amide bonds. The van der Waals surface area contributed by atoms with Crippen molar-refractivity contribution in [1.82, 2.24) is 25.1 Å². The van der Waals surface area contributed by atoms with Crippen molar-refractivity contribution in [2.75, 3.05) is 13.1 Å². The Labute approximate surface area is 108 Å². The van der Waals surface area contributed by atoms with Gasteiger partial charge in [-0.15, -0.1) is 15.3 Å². The van der Waals surface area contributed by atoms with Crippen molar-refractivity contribution >= 4 is 22.9 Å². The Bertz CT molecular complexity index is 437. The van der Waals surface area contributed by atoms with Crippen LogP contribution in [-0.4, -0.2) is 32.9 Å². The summed E-state index contributed by atoms with van der Waals surface area (Å²) in [5, 5.41) is 17.5. The molecular weight excluding hydrogens is 254 g/mol. The lowest BCUT2D eigenvalue weighted by atomic mass is 10.2. The minimum absolute atomic E-state index is 0.684. The summed E-state index contributed by atoms with van der Waals surface area (Å²) in [7, 11) is 0. The lowest BCUT2D eigenvalue weighted by Gasteiger charge is -2.04. The number of nitrogens with one attached hydrogen (secondary N) is 1. The van der Waals surface area contributed by atoms with Gasteiger partial charge in [-0.1, -0.05) is 29.7 Å². The summed E-state index contributed by atoms with van der Waals surface area (Å²) < 4.78 is 3.82. The van der Waals surface area contributed by atoms with Crippen LogP contribution < -0.4 is 5.32 Å². The first-order chi connectivity index (χ1) is 8.25. The van der Waals surface area contributed by atoms with Gasteiger partial charge in [-0.25, -0.2) is 0 Å². The van der Waals surface area contributed by atoms with Gasteiger partial charge in [0.25, 0.3) is 0 Å². The Hall–Kier alpha value is -0.920. The predicted octanol–water partition coefficient (Wildman–Crippen LogP) is 1.84. The summed E-state index contributed by atoms with van der Waals surface area (Å²) in [4.78, 5) is 0.990. The fourth-order valence-corrected chi connectivity index (χ4v) is 2.68. The van der Waals surface area contributed by atoms with Crippen LogP contribution in [0.15, 0.2) is 6.20 Å². The van der Waals surface area contributed by atoms with Crippen LogP contribution >= 0.6 is 22.9 Å². The number of hydrogen-bond acceptors (Lipinski definition) is 7. The van der Waals surface area contributed by atoms with Crippen LogP contribution in [0.3, 0.4) is 0 Å². The van der Waals surface area contributed by atoms with E-state index in [9.17, 15) is 0 Å². The molecule has 0 fully saturated rings. The Morgan fingerprint density at radius 1 is 1.35 bits per heavy atom. The molecule has 0 saturated heterocycles. The molecule has 0 aliphatic rings. The van der Waals surface area contributed by atoms with Gasteiger partial charge in [0.1, 0.15) is 9.88 Å². The largest absolute Gasteiger partial charge is 0.316 e. The van der Waals surface area contributed by atoms with Crippen molar-refractivity contribution in [3.05, 3.63) is 11.2 Å². The highest BCUT2D eigenvalue weighted by molar-refractivity contribution is 7.19. The third-order valence-corrected chi connectivity index (χ3v) is 3.92. The molecule has 0 saturated carbocycles. The van der Waals surface area contributed by atoms with Gasteiger partial charge < -0.3 is 5.32 Å². The molecule has 5 nitrogen and oxygen atoms in total. The summed E-state index contributed by atoms with van der Waals surface area (Å²) in [5.74, 6) is 0.684. The molecule has 0 atom stereocenters. The molecule has 92 valence electrons. The standard InChI is InChI=1S/C10H15N5S2/c1-7(2)5-11-4-3-9-13-14-10(16-9)8-6-12-15-17-8/h6-7,11H,3-5H2,1-2H3. The van der Waals surface area contributed by atoms with Crippen LogP contribution in [0.5, 0.6) is 0 Å². The maximum atomic E-state index is 4.17. The first kappa shape index (κ1) is 12.5. The lowest BCUT2D eigenvalue weighted by Crippen LogP contribution is -2.22. The van der Waals surface area contributed by atoms with Gasteiger partial charge in [-0.05, 0) is 24.0 Å². The van der Waals surface area contributed by atoms with E-state index in [-0.39, 0.29) is 0 Å². The minimum Gasteiger partial charge on any atom is -0.316 e. The average molecular weight is 269 g/mol. The third kappa shape index (κ3) is 3.79. The van der Waals surface area contributed by atoms with E-state index in [1.54, 1.807) is 17.5 Å². The van der Waals surface area contributed by atoms with Gasteiger partial charge in [0.05, 0.1) is 6.20 Å². The normalized spacial score (nSPS) is 11.2. The molecule has 0 spiro atoms. The molecule has 0 radical (unpaired) electrons. The second-order valence-electron chi connectivity index (χ2n) is 4.13. The summed E-state index contributed by atoms with van der Waals surface area (Å²) in [5.41, 5.74) is 0. The van der Waals surface area contributed by atoms with Gasteiger partial charge in [0, 0.05) is 13.0 Å². The van der Waals surface area contributed by atoms with Crippen molar-refractivity contribution in [2.24, 2.45) is 5.92 Å². The van der Waals surface area contributed by atoms with Crippen LogP contribution in [0, 0.1) is 5.92 Å². The fraction of sp³-hybridized carbons (Fsp3) is 0.600. The number of rotatable bonds is 6. The average Bonchev–Trinajstić information content (AvgIpc) is 2.94. The molecule has 2 rings (SSSR count). The second-order valence-corrected chi connectivity index (χ2v) is 5.98. The van der Waals surface area contributed by atoms with Gasteiger partial charge in [0.15, 0.2) is 5.01 Å². The van der Waals surface area contributed by atoms with E-state index in [4.69, 9.17) is 0 Å². The second kappa shape index (κ2) is 6.13. The van der Waals surface area contributed by atoms with E-state index in [0.717, 1.165) is 34.4 Å². The fourth-order valence-electron chi connectivity index (χ4n) is 1.30. The van der Waals surface area contributed by atoms with E-state index in [1.807, 2.05) is 0 Å². The molecule has 7 heteroatoms. The first-order valence-corrected chi connectivity index (χ1v) is 7.15. The molecule has 2 aromatic rings. The molecule has 0 aromatic carbocycles. The zero-order valence-electron chi connectivity index (χ0n) is 9.88. The molecule has 0 aliphatic heterocycles. The van der Waals surface area contributed by atoms with Crippen LogP contribution in [0.2, 0.25) is 0 Å². The molecule has 2 aromatic heterocycles. The summed E-state index contributed by atoms with van der Waals surface area (Å²) in [6.45, 7) is 6.40. The summed E-state index contributed by atoms with van der Waals surface area (Å²) in [6, 6.07) is 0. The smallest absolute Gasteiger partial charge is 0.161 e. The van der Waals surface area contributed by atoms with Crippen molar-refractivity contribution in [3.8, 4) is 9.88 Å². The van der Waals surface area contributed by atoms with Crippen molar-refractivity contribution in [2.45, 2.75) is 20.3 Å². The molecule has 0 unspecified atom stereocenters. The highest BCUT2D eigenvalue weighted by Crippen LogP contribution is 2.25. The predicted molar refractivity (Wildman–Crippen MR) is 70.2 cm³/mol. The summed E-state index contributed by atoms with van der Waals surface area (Å²) in [6.07, 6.45) is 2.66. The minimum atomic E-state index is 0.684. The maximum absolute atomic E-state index is 4.17. The molecule has 17 heavy (non-hydrogen) atoms. The highest BCUT2D eigenvalue weighted by atomic mass is 32.1. The zero-order valence-corrected chi connectivity index (χ0v) is 11.5. The monoisotopic (exact) mass is 269 g/mol. The Balaban J connectivity index is 1.83. The van der Waals surface area contributed by atoms with E-state index in [2.05, 4.69) is 38.9 Å². The Morgan fingerprint density at radius 3 is 2.94 bits per heavy atom. The highest BCUT2D eigenvalue weighted by Gasteiger charge is 2.08. The van der Waals surface area contributed by atoms with Crippen LogP contribution in [-0.2, 0) is 6.42 Å². The third-order valence-electron chi connectivity index (χ3n) is 2.11. The zero-order chi connectivity index (χ0) is 12.1. The topological polar surface area (TPSA) is 63.6 Å². The van der Waals surface area contributed by atoms with Crippen LogP contribution in [0.4, 0.5) is 0 Å². The molecule has 1 N–H and O–H groups in total. The summed E-state index contributed by atoms with van der Waals surface area (Å²) >= 11 is 2.97.